The number of aliphatic hydroxyl groups excluding tert-OH is 1. The third-order valence-electron chi connectivity index (χ3n) is 5.77. The normalized spacial score (nSPS) is 21.7. The summed E-state index contributed by atoms with van der Waals surface area (Å²) in [7, 11) is 0. The van der Waals surface area contributed by atoms with Gasteiger partial charge in [0, 0.05) is 25.2 Å². The number of carbonyl (C=O) groups excluding carboxylic acids is 2. The van der Waals surface area contributed by atoms with Crippen LogP contribution in [-0.2, 0) is 9.59 Å². The summed E-state index contributed by atoms with van der Waals surface area (Å²) in [6, 6.07) is 0. The molecule has 0 radical (unpaired) electrons. The Labute approximate surface area is 176 Å². The first-order valence-corrected chi connectivity index (χ1v) is 11.1. The summed E-state index contributed by atoms with van der Waals surface area (Å²) >= 11 is 0. The minimum Gasteiger partial charge on any atom is -0.389 e. The van der Waals surface area contributed by atoms with E-state index in [0.29, 0.717) is 37.9 Å². The Morgan fingerprint density at radius 2 is 2.03 bits per heavy atom. The number of aliphatic hydroxyl groups is 2. The van der Waals surface area contributed by atoms with Gasteiger partial charge >= 0.3 is 0 Å². The van der Waals surface area contributed by atoms with Crippen LogP contribution < -0.4 is 0 Å². The minimum atomic E-state index is -1.09. The van der Waals surface area contributed by atoms with Gasteiger partial charge in [-0.1, -0.05) is 56.4 Å². The van der Waals surface area contributed by atoms with E-state index < -0.39 is 5.60 Å². The van der Waals surface area contributed by atoms with Crippen molar-refractivity contribution in [2.45, 2.75) is 89.6 Å². The predicted molar refractivity (Wildman–Crippen MR) is 117 cm³/mol. The second-order valence-electron chi connectivity index (χ2n) is 8.19. The molecule has 0 heterocycles. The number of ketones is 2. The van der Waals surface area contributed by atoms with Crippen LogP contribution in [0, 0.1) is 24.2 Å². The van der Waals surface area contributed by atoms with Crippen molar-refractivity contribution in [3.63, 3.8) is 0 Å². The lowest BCUT2D eigenvalue weighted by atomic mass is 9.89. The van der Waals surface area contributed by atoms with E-state index >= 15 is 0 Å². The van der Waals surface area contributed by atoms with Gasteiger partial charge in [-0.2, -0.15) is 0 Å². The zero-order chi connectivity index (χ0) is 21.5. The number of Topliss-reactive ketones (excluding diaryl/α,β-unsaturated/α-hetero) is 2. The molecule has 4 nitrogen and oxygen atoms in total. The van der Waals surface area contributed by atoms with Crippen LogP contribution in [0.3, 0.4) is 0 Å². The van der Waals surface area contributed by atoms with E-state index in [1.165, 1.54) is 0 Å². The number of carbonyl (C=O) groups is 2. The molecule has 4 heteroatoms. The summed E-state index contributed by atoms with van der Waals surface area (Å²) in [5.74, 6) is 2.91. The Bertz CT molecular complexity index is 598. The lowest BCUT2D eigenvalue weighted by molar-refractivity contribution is -0.122. The number of terminal acetylenes is 1. The van der Waals surface area contributed by atoms with Gasteiger partial charge in [0.1, 0.15) is 18.0 Å². The summed E-state index contributed by atoms with van der Waals surface area (Å²) < 4.78 is 0. The topological polar surface area (TPSA) is 74.6 Å². The summed E-state index contributed by atoms with van der Waals surface area (Å²) in [5.41, 5.74) is -1.09. The fourth-order valence-electron chi connectivity index (χ4n) is 3.84. The fourth-order valence-corrected chi connectivity index (χ4v) is 3.84. The quantitative estimate of drug-likeness (QED) is 0.240. The highest BCUT2D eigenvalue weighted by atomic mass is 16.3. The molecule has 0 aromatic rings. The van der Waals surface area contributed by atoms with Crippen molar-refractivity contribution in [2.75, 3.05) is 6.61 Å². The zero-order valence-corrected chi connectivity index (χ0v) is 17.9. The van der Waals surface area contributed by atoms with Gasteiger partial charge in [-0.05, 0) is 44.4 Å². The first-order valence-electron chi connectivity index (χ1n) is 11.1. The molecule has 1 aliphatic rings. The van der Waals surface area contributed by atoms with Crippen LogP contribution in [0.25, 0.3) is 0 Å². The van der Waals surface area contributed by atoms with E-state index in [0.717, 1.165) is 44.9 Å². The van der Waals surface area contributed by atoms with Crippen LogP contribution in [0.2, 0.25) is 0 Å². The average Bonchev–Trinajstić information content (AvgIpc) is 3.07. The Hall–Kier alpha value is -1.70. The number of rotatable bonds is 15. The van der Waals surface area contributed by atoms with Crippen molar-refractivity contribution >= 4 is 11.6 Å². The summed E-state index contributed by atoms with van der Waals surface area (Å²) in [5, 5.41) is 19.3. The molecule has 162 valence electrons. The van der Waals surface area contributed by atoms with E-state index in [2.05, 4.69) is 18.9 Å². The molecule has 1 aliphatic carbocycles. The van der Waals surface area contributed by atoms with Gasteiger partial charge in [0.05, 0.1) is 0 Å². The number of allylic oxidation sites excluding steroid dienone is 3. The molecule has 0 saturated heterocycles. The lowest BCUT2D eigenvalue weighted by Crippen LogP contribution is -2.25. The Balaban J connectivity index is 2.45. The van der Waals surface area contributed by atoms with Crippen molar-refractivity contribution in [3.8, 4) is 12.3 Å². The first kappa shape index (κ1) is 25.3. The van der Waals surface area contributed by atoms with Gasteiger partial charge in [0.15, 0.2) is 5.78 Å². The third kappa shape index (κ3) is 10.1. The van der Waals surface area contributed by atoms with Crippen molar-refractivity contribution < 1.29 is 19.8 Å². The third-order valence-corrected chi connectivity index (χ3v) is 5.77. The highest BCUT2D eigenvalue weighted by molar-refractivity contribution is 5.83. The lowest BCUT2D eigenvalue weighted by Gasteiger charge is -2.21. The predicted octanol–water partition coefficient (Wildman–Crippen LogP) is 4.54. The average molecular weight is 403 g/mol. The molecule has 0 aromatic carbocycles. The largest absolute Gasteiger partial charge is 0.389 e. The first-order chi connectivity index (χ1) is 14.0. The van der Waals surface area contributed by atoms with Crippen molar-refractivity contribution in [1.82, 2.24) is 0 Å². The fraction of sp³-hybridized carbons (Fsp3) is 0.680. The Morgan fingerprint density at radius 3 is 2.72 bits per heavy atom. The molecule has 1 fully saturated rings. The highest BCUT2D eigenvalue weighted by Gasteiger charge is 2.32. The van der Waals surface area contributed by atoms with Crippen LogP contribution in [-0.4, -0.2) is 34.0 Å². The molecule has 1 unspecified atom stereocenters. The molecule has 0 aromatic heterocycles. The minimum absolute atomic E-state index is 0.00921. The van der Waals surface area contributed by atoms with E-state index in [4.69, 9.17) is 11.5 Å². The van der Waals surface area contributed by atoms with Crippen LogP contribution in [0.1, 0.15) is 84.0 Å². The Kier molecular flexibility index (Phi) is 12.5. The van der Waals surface area contributed by atoms with Crippen LogP contribution in [0.4, 0.5) is 0 Å². The molecule has 2 N–H and O–H groups in total. The van der Waals surface area contributed by atoms with Gasteiger partial charge in [-0.15, -0.1) is 6.42 Å². The van der Waals surface area contributed by atoms with E-state index in [9.17, 15) is 14.7 Å². The molecular weight excluding hydrogens is 364 g/mol. The summed E-state index contributed by atoms with van der Waals surface area (Å²) in [4.78, 5) is 23.3. The molecule has 1 rings (SSSR count). The van der Waals surface area contributed by atoms with Crippen LogP contribution >= 0.6 is 0 Å². The zero-order valence-electron chi connectivity index (χ0n) is 17.9. The maximum Gasteiger partial charge on any atom is 0.158 e. The molecule has 0 spiro atoms. The van der Waals surface area contributed by atoms with Gasteiger partial charge in [0.2, 0.25) is 0 Å². The van der Waals surface area contributed by atoms with Gasteiger partial charge in [-0.25, -0.2) is 0 Å². The maximum absolute atomic E-state index is 12.2. The molecule has 29 heavy (non-hydrogen) atoms. The maximum atomic E-state index is 12.2. The molecular formula is C25H38O4. The molecule has 0 aliphatic heterocycles. The Morgan fingerprint density at radius 1 is 1.24 bits per heavy atom. The smallest absolute Gasteiger partial charge is 0.158 e. The second kappa shape index (κ2) is 14.3. The number of hydrogen-bond acceptors (Lipinski definition) is 4. The van der Waals surface area contributed by atoms with Gasteiger partial charge in [0.25, 0.3) is 0 Å². The van der Waals surface area contributed by atoms with E-state index in [1.54, 1.807) is 0 Å². The SMILES string of the molecule is C#CC(O)(CC=C[C@H]1CCC(=O)[C@@H]1CC=CCCCC(=O)CO)CCCCCC. The van der Waals surface area contributed by atoms with E-state index in [-0.39, 0.29) is 24.2 Å². The number of hydrogen-bond donors (Lipinski definition) is 2. The highest BCUT2D eigenvalue weighted by Crippen LogP contribution is 2.33. The standard InChI is InChI=1S/C25H38O4/c1-3-5-6-11-18-25(29,4-2)19-12-13-21-16-17-24(28)23(21)15-10-8-7-9-14-22(27)20-26/h2,8,10,12-13,21,23,26,29H,3,5-7,9,11,14-20H2,1H3/t21-,23+,25?/m0/s1. The molecule has 3 atom stereocenters. The van der Waals surface area contributed by atoms with Crippen molar-refractivity contribution in [3.05, 3.63) is 24.3 Å². The summed E-state index contributed by atoms with van der Waals surface area (Å²) in [6.07, 6.45) is 23.1. The van der Waals surface area contributed by atoms with Crippen LogP contribution in [0.15, 0.2) is 24.3 Å². The molecule has 1 saturated carbocycles. The molecule has 0 amide bonds. The van der Waals surface area contributed by atoms with Crippen molar-refractivity contribution in [2.24, 2.45) is 11.8 Å². The van der Waals surface area contributed by atoms with Crippen molar-refractivity contribution in [1.29, 1.82) is 0 Å². The van der Waals surface area contributed by atoms with E-state index in [1.807, 2.05) is 18.2 Å². The number of unbranched alkanes of at least 4 members (excludes halogenated alkanes) is 4. The monoisotopic (exact) mass is 402 g/mol. The second-order valence-corrected chi connectivity index (χ2v) is 8.19. The van der Waals surface area contributed by atoms with Crippen LogP contribution in [0.5, 0.6) is 0 Å². The summed E-state index contributed by atoms with van der Waals surface area (Å²) in [6.45, 7) is 1.77. The molecule has 0 bridgehead atoms. The van der Waals surface area contributed by atoms with Gasteiger partial charge < -0.3 is 10.2 Å². The van der Waals surface area contributed by atoms with Gasteiger partial charge in [-0.3, -0.25) is 9.59 Å².